The minimum atomic E-state index is -0.854. The van der Waals surface area contributed by atoms with Crippen molar-refractivity contribution in [3.63, 3.8) is 0 Å². The van der Waals surface area contributed by atoms with Crippen molar-refractivity contribution in [1.82, 2.24) is 0 Å². The maximum atomic E-state index is 12.2. The van der Waals surface area contributed by atoms with Crippen molar-refractivity contribution in [1.29, 1.82) is 0 Å². The summed E-state index contributed by atoms with van der Waals surface area (Å²) in [6, 6.07) is 2.19. The molecule has 2 rings (SSSR count). The van der Waals surface area contributed by atoms with E-state index in [0.717, 1.165) is 24.2 Å². The number of aryl methyl sites for hydroxylation is 2. The van der Waals surface area contributed by atoms with E-state index in [2.05, 4.69) is 26.8 Å². The van der Waals surface area contributed by atoms with E-state index in [1.807, 2.05) is 13.8 Å². The molecular weight excluding hydrogens is 252 g/mol. The lowest BCUT2D eigenvalue weighted by molar-refractivity contribution is -0.162. The molecule has 0 fully saturated rings. The van der Waals surface area contributed by atoms with Crippen LogP contribution in [0.2, 0.25) is 0 Å². The second-order valence-corrected chi connectivity index (χ2v) is 5.91. The van der Waals surface area contributed by atoms with Crippen LogP contribution >= 0.6 is 0 Å². The van der Waals surface area contributed by atoms with Crippen LogP contribution in [0, 0.1) is 20.8 Å². The first-order chi connectivity index (χ1) is 9.39. The lowest BCUT2D eigenvalue weighted by atomic mass is 9.88. The van der Waals surface area contributed by atoms with Crippen LogP contribution in [-0.4, -0.2) is 18.2 Å². The molecule has 0 aliphatic carbocycles. The molecule has 0 amide bonds. The fraction of sp³-hybridized carbons (Fsp3) is 0.588. The van der Waals surface area contributed by atoms with Crippen LogP contribution in [0.1, 0.15) is 48.9 Å². The number of hydrogen-bond acceptors (Lipinski definition) is 3. The quantitative estimate of drug-likeness (QED) is 0.791. The molecule has 1 aromatic rings. The molecule has 1 aliphatic heterocycles. The van der Waals surface area contributed by atoms with Gasteiger partial charge in [-0.3, -0.25) is 0 Å². The molecule has 0 saturated carbocycles. The van der Waals surface area contributed by atoms with E-state index >= 15 is 0 Å². The highest BCUT2D eigenvalue weighted by atomic mass is 16.6. The SMILES string of the molecule is CCCOC(=O)C1(C)CCc2c(C)cc(C)c(C)c2O1. The minimum absolute atomic E-state index is 0.247. The van der Waals surface area contributed by atoms with Gasteiger partial charge in [0.2, 0.25) is 5.60 Å². The van der Waals surface area contributed by atoms with Crippen LogP contribution in [0.3, 0.4) is 0 Å². The summed E-state index contributed by atoms with van der Waals surface area (Å²) in [5.41, 5.74) is 3.95. The Morgan fingerprint density at radius 2 is 2.05 bits per heavy atom. The molecule has 0 radical (unpaired) electrons. The van der Waals surface area contributed by atoms with Gasteiger partial charge in [-0.1, -0.05) is 13.0 Å². The second kappa shape index (κ2) is 5.47. The fourth-order valence-electron chi connectivity index (χ4n) is 2.68. The van der Waals surface area contributed by atoms with Crippen molar-refractivity contribution in [2.75, 3.05) is 6.61 Å². The van der Waals surface area contributed by atoms with Crippen LogP contribution in [0.25, 0.3) is 0 Å². The number of esters is 1. The topological polar surface area (TPSA) is 35.5 Å². The highest BCUT2D eigenvalue weighted by molar-refractivity contribution is 5.80. The molecule has 3 nitrogen and oxygen atoms in total. The first-order valence-corrected chi connectivity index (χ1v) is 7.35. The summed E-state index contributed by atoms with van der Waals surface area (Å²) < 4.78 is 11.4. The first kappa shape index (κ1) is 14.9. The third-order valence-corrected chi connectivity index (χ3v) is 4.16. The summed E-state index contributed by atoms with van der Waals surface area (Å²) in [6.07, 6.45) is 2.36. The molecule has 0 N–H and O–H groups in total. The zero-order chi connectivity index (χ0) is 14.9. The summed E-state index contributed by atoms with van der Waals surface area (Å²) in [6.45, 7) is 10.5. The van der Waals surface area contributed by atoms with Crippen LogP contribution < -0.4 is 4.74 Å². The van der Waals surface area contributed by atoms with Crippen molar-refractivity contribution in [2.24, 2.45) is 0 Å². The first-order valence-electron chi connectivity index (χ1n) is 7.35. The van der Waals surface area contributed by atoms with E-state index in [9.17, 15) is 4.79 Å². The number of rotatable bonds is 3. The maximum absolute atomic E-state index is 12.2. The van der Waals surface area contributed by atoms with Crippen LogP contribution in [0.5, 0.6) is 5.75 Å². The molecule has 3 heteroatoms. The van der Waals surface area contributed by atoms with Crippen LogP contribution in [0.15, 0.2) is 6.07 Å². The van der Waals surface area contributed by atoms with Crippen LogP contribution in [-0.2, 0) is 16.0 Å². The molecule has 1 heterocycles. The van der Waals surface area contributed by atoms with E-state index in [4.69, 9.17) is 9.47 Å². The Balaban J connectivity index is 2.32. The Morgan fingerprint density at radius 3 is 2.70 bits per heavy atom. The molecule has 1 unspecified atom stereocenters. The van der Waals surface area contributed by atoms with E-state index < -0.39 is 5.60 Å². The van der Waals surface area contributed by atoms with Gasteiger partial charge in [0.15, 0.2) is 0 Å². The Morgan fingerprint density at radius 1 is 1.35 bits per heavy atom. The van der Waals surface area contributed by atoms with Crippen molar-refractivity contribution in [3.05, 3.63) is 28.3 Å². The normalized spacial score (nSPS) is 21.1. The van der Waals surface area contributed by atoms with Crippen molar-refractivity contribution in [2.45, 2.75) is 59.5 Å². The molecule has 0 saturated heterocycles. The predicted molar refractivity (Wildman–Crippen MR) is 79.3 cm³/mol. The lowest BCUT2D eigenvalue weighted by Gasteiger charge is -2.35. The summed E-state index contributed by atoms with van der Waals surface area (Å²) >= 11 is 0. The molecular formula is C17H24O3. The van der Waals surface area contributed by atoms with Gasteiger partial charge < -0.3 is 9.47 Å². The zero-order valence-electron chi connectivity index (χ0n) is 13.1. The standard InChI is InChI=1S/C17H24O3/c1-6-9-19-16(18)17(5)8-7-14-12(3)10-11(2)13(4)15(14)20-17/h10H,6-9H2,1-5H3. The number of fused-ring (bicyclic) bond motifs is 1. The smallest absolute Gasteiger partial charge is 0.350 e. The summed E-state index contributed by atoms with van der Waals surface area (Å²) in [5.74, 6) is 0.633. The second-order valence-electron chi connectivity index (χ2n) is 5.91. The Labute approximate surface area is 121 Å². The third-order valence-electron chi connectivity index (χ3n) is 4.16. The number of benzene rings is 1. The number of carbonyl (C=O) groups is 1. The van der Waals surface area contributed by atoms with E-state index in [0.29, 0.717) is 13.0 Å². The Bertz CT molecular complexity index is 534. The highest BCUT2D eigenvalue weighted by Crippen LogP contribution is 2.39. The number of carbonyl (C=O) groups excluding carboxylic acids is 1. The van der Waals surface area contributed by atoms with Crippen molar-refractivity contribution >= 4 is 5.97 Å². The molecule has 0 bridgehead atoms. The molecule has 1 atom stereocenters. The highest BCUT2D eigenvalue weighted by Gasteiger charge is 2.41. The summed E-state index contributed by atoms with van der Waals surface area (Å²) in [7, 11) is 0. The predicted octanol–water partition coefficient (Wildman–Crippen LogP) is 3.65. The Kier molecular flexibility index (Phi) is 4.07. The average Bonchev–Trinajstić information content (AvgIpc) is 2.42. The summed E-state index contributed by atoms with van der Waals surface area (Å²) in [4.78, 5) is 12.2. The molecule has 20 heavy (non-hydrogen) atoms. The van der Waals surface area contributed by atoms with Gasteiger partial charge in [-0.2, -0.15) is 0 Å². The van der Waals surface area contributed by atoms with Gasteiger partial charge in [0.05, 0.1) is 6.61 Å². The number of hydrogen-bond donors (Lipinski definition) is 0. The maximum Gasteiger partial charge on any atom is 0.350 e. The van der Waals surface area contributed by atoms with E-state index in [1.165, 1.54) is 16.7 Å². The van der Waals surface area contributed by atoms with Crippen LogP contribution in [0.4, 0.5) is 0 Å². The van der Waals surface area contributed by atoms with Gasteiger partial charge in [-0.25, -0.2) is 4.79 Å². The van der Waals surface area contributed by atoms with Crippen molar-refractivity contribution < 1.29 is 14.3 Å². The Hall–Kier alpha value is -1.51. The van der Waals surface area contributed by atoms with Gasteiger partial charge >= 0.3 is 5.97 Å². The monoisotopic (exact) mass is 276 g/mol. The molecule has 1 aliphatic rings. The van der Waals surface area contributed by atoms with Gasteiger partial charge in [-0.15, -0.1) is 0 Å². The number of ether oxygens (including phenoxy) is 2. The zero-order valence-corrected chi connectivity index (χ0v) is 13.1. The summed E-state index contributed by atoms with van der Waals surface area (Å²) in [5, 5.41) is 0. The third kappa shape index (κ3) is 2.54. The average molecular weight is 276 g/mol. The molecule has 1 aromatic carbocycles. The molecule has 110 valence electrons. The largest absolute Gasteiger partial charge is 0.475 e. The molecule has 0 spiro atoms. The van der Waals surface area contributed by atoms with Gasteiger partial charge in [0.25, 0.3) is 0 Å². The van der Waals surface area contributed by atoms with E-state index in [1.54, 1.807) is 0 Å². The molecule has 0 aromatic heterocycles. The van der Waals surface area contributed by atoms with Gasteiger partial charge in [0.1, 0.15) is 5.75 Å². The minimum Gasteiger partial charge on any atom is -0.475 e. The lowest BCUT2D eigenvalue weighted by Crippen LogP contribution is -2.46. The van der Waals surface area contributed by atoms with Crippen molar-refractivity contribution in [3.8, 4) is 5.75 Å². The fourth-order valence-corrected chi connectivity index (χ4v) is 2.68. The van der Waals surface area contributed by atoms with Gasteiger partial charge in [0, 0.05) is 6.42 Å². The van der Waals surface area contributed by atoms with E-state index in [-0.39, 0.29) is 5.97 Å². The van der Waals surface area contributed by atoms with Gasteiger partial charge in [-0.05, 0) is 62.8 Å².